The summed E-state index contributed by atoms with van der Waals surface area (Å²) in [6, 6.07) is 3.16. The third kappa shape index (κ3) is 3.17. The third-order valence-electron chi connectivity index (χ3n) is 2.66. The van der Waals surface area contributed by atoms with E-state index >= 15 is 0 Å². The minimum atomic E-state index is -3.88. The second-order valence-corrected chi connectivity index (χ2v) is 6.63. The van der Waals surface area contributed by atoms with E-state index in [9.17, 15) is 8.42 Å². The topological polar surface area (TPSA) is 100 Å². The molecular formula is C11H13BrN4O3S. The molecule has 0 aliphatic carbocycles. The normalized spacial score (nSPS) is 11.6. The van der Waals surface area contributed by atoms with Crippen LogP contribution in [0.4, 0.5) is 0 Å². The van der Waals surface area contributed by atoms with Crippen LogP contribution in [-0.4, -0.2) is 23.2 Å². The first kappa shape index (κ1) is 14.9. The van der Waals surface area contributed by atoms with E-state index in [4.69, 9.17) is 9.88 Å². The van der Waals surface area contributed by atoms with Crippen molar-refractivity contribution < 1.29 is 13.2 Å². The number of aryl methyl sites for hydroxylation is 2. The van der Waals surface area contributed by atoms with E-state index < -0.39 is 10.0 Å². The van der Waals surface area contributed by atoms with Crippen LogP contribution in [0, 0.1) is 6.92 Å². The number of ether oxygens (including phenoxy) is 1. The second kappa shape index (κ2) is 5.51. The maximum atomic E-state index is 11.6. The van der Waals surface area contributed by atoms with Crippen LogP contribution >= 0.6 is 15.9 Å². The van der Waals surface area contributed by atoms with Gasteiger partial charge in [0.05, 0.1) is 0 Å². The first-order valence-electron chi connectivity index (χ1n) is 5.57. The first-order valence-corrected chi connectivity index (χ1v) is 7.91. The van der Waals surface area contributed by atoms with Crippen molar-refractivity contribution in [2.45, 2.75) is 18.4 Å². The van der Waals surface area contributed by atoms with Crippen molar-refractivity contribution >= 4 is 26.0 Å². The molecule has 0 saturated heterocycles. The summed E-state index contributed by atoms with van der Waals surface area (Å²) in [5.41, 5.74) is 0.658. The minimum Gasteiger partial charge on any atom is -0.484 e. The summed E-state index contributed by atoms with van der Waals surface area (Å²) in [5.74, 6) is 0.798. The molecule has 1 aromatic carbocycles. The summed E-state index contributed by atoms with van der Waals surface area (Å²) in [6.45, 7) is 1.84. The number of benzene rings is 1. The number of primary sulfonamides is 1. The summed E-state index contributed by atoms with van der Waals surface area (Å²) in [5, 5.41) is 9.12. The lowest BCUT2D eigenvalue weighted by atomic mass is 10.2. The minimum absolute atomic E-state index is 0.0634. The van der Waals surface area contributed by atoms with Gasteiger partial charge in [0, 0.05) is 11.5 Å². The molecule has 1 heterocycles. The van der Waals surface area contributed by atoms with Gasteiger partial charge in [-0.15, -0.1) is 0 Å². The zero-order chi connectivity index (χ0) is 14.9. The standard InChI is InChI=1S/C11H13BrN4O3S/c1-7-3-8(12)4-9(20(13,17)18)11(7)19-5-10-14-6-15-16(10)2/h3-4,6H,5H2,1-2H3,(H2,13,17,18). The molecule has 0 aliphatic rings. The first-order chi connectivity index (χ1) is 9.29. The molecule has 2 N–H and O–H groups in total. The van der Waals surface area contributed by atoms with E-state index in [1.807, 2.05) is 0 Å². The molecule has 1 aromatic heterocycles. The zero-order valence-electron chi connectivity index (χ0n) is 10.9. The van der Waals surface area contributed by atoms with Crippen LogP contribution in [0.3, 0.4) is 0 Å². The van der Waals surface area contributed by atoms with Gasteiger partial charge in [0.1, 0.15) is 23.6 Å². The van der Waals surface area contributed by atoms with Gasteiger partial charge >= 0.3 is 0 Å². The Labute approximate surface area is 124 Å². The molecule has 0 spiro atoms. The Hall–Kier alpha value is -1.45. The number of aromatic nitrogens is 3. The van der Waals surface area contributed by atoms with Gasteiger partial charge in [-0.1, -0.05) is 15.9 Å². The summed E-state index contributed by atoms with van der Waals surface area (Å²) >= 11 is 3.24. The molecule has 0 fully saturated rings. The molecule has 20 heavy (non-hydrogen) atoms. The predicted octanol–water partition coefficient (Wildman–Crippen LogP) is 1.11. The smallest absolute Gasteiger partial charge is 0.241 e. The molecular weight excluding hydrogens is 348 g/mol. The van der Waals surface area contributed by atoms with Gasteiger partial charge in [0.15, 0.2) is 5.82 Å². The molecule has 0 atom stereocenters. The maximum absolute atomic E-state index is 11.6. The molecule has 0 saturated carbocycles. The molecule has 0 amide bonds. The van der Waals surface area contributed by atoms with Gasteiger partial charge in [-0.25, -0.2) is 18.5 Å². The van der Waals surface area contributed by atoms with E-state index in [1.54, 1.807) is 24.7 Å². The van der Waals surface area contributed by atoms with Gasteiger partial charge < -0.3 is 4.74 Å². The van der Waals surface area contributed by atoms with Crippen LogP contribution in [0.2, 0.25) is 0 Å². The summed E-state index contributed by atoms with van der Waals surface area (Å²) in [6.07, 6.45) is 1.40. The number of rotatable bonds is 4. The van der Waals surface area contributed by atoms with E-state index in [1.165, 1.54) is 12.4 Å². The average Bonchev–Trinajstić information content (AvgIpc) is 2.72. The number of hydrogen-bond donors (Lipinski definition) is 1. The van der Waals surface area contributed by atoms with Gasteiger partial charge in [-0.3, -0.25) is 4.68 Å². The van der Waals surface area contributed by atoms with Crippen LogP contribution in [0.1, 0.15) is 11.4 Å². The highest BCUT2D eigenvalue weighted by atomic mass is 79.9. The van der Waals surface area contributed by atoms with Gasteiger partial charge in [-0.2, -0.15) is 5.10 Å². The quantitative estimate of drug-likeness (QED) is 0.879. The largest absolute Gasteiger partial charge is 0.484 e. The van der Waals surface area contributed by atoms with Crippen molar-refractivity contribution in [3.8, 4) is 5.75 Å². The second-order valence-electron chi connectivity index (χ2n) is 4.18. The molecule has 2 aromatic rings. The van der Waals surface area contributed by atoms with Crippen molar-refractivity contribution in [1.29, 1.82) is 0 Å². The lowest BCUT2D eigenvalue weighted by molar-refractivity contribution is 0.280. The molecule has 108 valence electrons. The number of sulfonamides is 1. The van der Waals surface area contributed by atoms with E-state index in [0.717, 1.165) is 0 Å². The van der Waals surface area contributed by atoms with Crippen molar-refractivity contribution in [3.63, 3.8) is 0 Å². The number of hydrogen-bond acceptors (Lipinski definition) is 5. The molecule has 0 aliphatic heterocycles. The number of nitrogens with zero attached hydrogens (tertiary/aromatic N) is 3. The summed E-state index contributed by atoms with van der Waals surface area (Å²) in [7, 11) is -2.15. The third-order valence-corrected chi connectivity index (χ3v) is 4.04. The maximum Gasteiger partial charge on any atom is 0.241 e. The van der Waals surface area contributed by atoms with E-state index in [0.29, 0.717) is 15.9 Å². The predicted molar refractivity (Wildman–Crippen MR) is 75.6 cm³/mol. The fourth-order valence-electron chi connectivity index (χ4n) is 1.68. The Morgan fingerprint density at radius 1 is 1.45 bits per heavy atom. The van der Waals surface area contributed by atoms with Crippen molar-refractivity contribution in [2.24, 2.45) is 12.2 Å². The Morgan fingerprint density at radius 2 is 2.15 bits per heavy atom. The van der Waals surface area contributed by atoms with Gasteiger partial charge in [0.25, 0.3) is 0 Å². The van der Waals surface area contributed by atoms with Crippen LogP contribution < -0.4 is 9.88 Å². The van der Waals surface area contributed by atoms with Crippen molar-refractivity contribution in [2.75, 3.05) is 0 Å². The lowest BCUT2D eigenvalue weighted by Gasteiger charge is -2.13. The van der Waals surface area contributed by atoms with E-state index in [-0.39, 0.29) is 17.3 Å². The highest BCUT2D eigenvalue weighted by Crippen LogP contribution is 2.31. The van der Waals surface area contributed by atoms with Crippen LogP contribution in [-0.2, 0) is 23.7 Å². The fourth-order valence-corrected chi connectivity index (χ4v) is 3.18. The highest BCUT2D eigenvalue weighted by molar-refractivity contribution is 9.10. The number of halogens is 1. The van der Waals surface area contributed by atoms with Crippen LogP contribution in [0.25, 0.3) is 0 Å². The van der Waals surface area contributed by atoms with Crippen LogP contribution in [0.5, 0.6) is 5.75 Å². The Morgan fingerprint density at radius 3 is 2.70 bits per heavy atom. The van der Waals surface area contributed by atoms with Gasteiger partial charge in [0.2, 0.25) is 10.0 Å². The summed E-state index contributed by atoms with van der Waals surface area (Å²) in [4.78, 5) is 3.94. The van der Waals surface area contributed by atoms with Crippen molar-refractivity contribution in [1.82, 2.24) is 14.8 Å². The SMILES string of the molecule is Cc1cc(Br)cc(S(N)(=O)=O)c1OCc1ncnn1C. The van der Waals surface area contributed by atoms with Gasteiger partial charge in [-0.05, 0) is 24.6 Å². The van der Waals surface area contributed by atoms with Crippen molar-refractivity contribution in [3.05, 3.63) is 34.3 Å². The molecule has 0 bridgehead atoms. The Balaban J connectivity index is 2.38. The number of nitrogens with two attached hydrogens (primary N) is 1. The zero-order valence-corrected chi connectivity index (χ0v) is 13.3. The molecule has 0 radical (unpaired) electrons. The van der Waals surface area contributed by atoms with Crippen LogP contribution in [0.15, 0.2) is 27.8 Å². The molecule has 0 unspecified atom stereocenters. The highest BCUT2D eigenvalue weighted by Gasteiger charge is 2.19. The monoisotopic (exact) mass is 360 g/mol. The Kier molecular flexibility index (Phi) is 4.11. The lowest BCUT2D eigenvalue weighted by Crippen LogP contribution is -2.15. The fraction of sp³-hybridized carbons (Fsp3) is 0.273. The Bertz CT molecular complexity index is 742. The average molecular weight is 361 g/mol. The summed E-state index contributed by atoms with van der Waals surface area (Å²) < 4.78 is 31.0. The molecule has 9 heteroatoms. The molecule has 2 rings (SSSR count). The molecule has 7 nitrogen and oxygen atoms in total. The van der Waals surface area contributed by atoms with E-state index in [2.05, 4.69) is 26.0 Å².